The molecule has 1 rings (SSSR count). The number of aromatic nitrogens is 2. The maximum Gasteiger partial charge on any atom is 0.125 e. The Labute approximate surface area is 67.7 Å². The van der Waals surface area contributed by atoms with Crippen LogP contribution in [0.5, 0.6) is 0 Å². The molecule has 1 heterocycles. The molecule has 0 aliphatic carbocycles. The fourth-order valence-corrected chi connectivity index (χ4v) is 1.16. The molecule has 60 valence electrons. The van der Waals surface area contributed by atoms with Crippen LogP contribution in [0.25, 0.3) is 0 Å². The minimum Gasteiger partial charge on any atom is -0.241 e. The van der Waals surface area contributed by atoms with Crippen molar-refractivity contribution in [3.8, 4) is 0 Å². The van der Waals surface area contributed by atoms with E-state index in [-0.39, 0.29) is 0 Å². The van der Waals surface area contributed by atoms with E-state index in [1.165, 1.54) is 5.56 Å². The second-order valence-electron chi connectivity index (χ2n) is 3.11. The first kappa shape index (κ1) is 8.18. The molecule has 0 unspecified atom stereocenters. The first-order valence-corrected chi connectivity index (χ1v) is 3.91. The average molecular weight is 150 g/mol. The van der Waals surface area contributed by atoms with Crippen LogP contribution in [0, 0.1) is 13.8 Å². The van der Waals surface area contributed by atoms with E-state index in [4.69, 9.17) is 0 Å². The van der Waals surface area contributed by atoms with Crippen LogP contribution in [0.15, 0.2) is 6.20 Å². The Balaban J connectivity index is 3.09. The lowest BCUT2D eigenvalue weighted by Gasteiger charge is -2.07. The van der Waals surface area contributed by atoms with Crippen molar-refractivity contribution in [2.75, 3.05) is 0 Å². The van der Waals surface area contributed by atoms with Gasteiger partial charge in [-0.3, -0.25) is 0 Å². The molecule has 0 aliphatic heterocycles. The Bertz CT molecular complexity index is 254. The van der Waals surface area contributed by atoms with Gasteiger partial charge in [0.1, 0.15) is 5.82 Å². The van der Waals surface area contributed by atoms with Crippen LogP contribution in [0.2, 0.25) is 0 Å². The molecular formula is C9H14N2. The van der Waals surface area contributed by atoms with Gasteiger partial charge in [0.15, 0.2) is 0 Å². The topological polar surface area (TPSA) is 25.8 Å². The highest BCUT2D eigenvalue weighted by molar-refractivity contribution is 5.19. The highest BCUT2D eigenvalue weighted by Crippen LogP contribution is 2.15. The van der Waals surface area contributed by atoms with E-state index in [2.05, 4.69) is 23.8 Å². The second-order valence-corrected chi connectivity index (χ2v) is 3.11. The van der Waals surface area contributed by atoms with Crippen molar-refractivity contribution in [3.63, 3.8) is 0 Å². The fraction of sp³-hybridized carbons (Fsp3) is 0.556. The van der Waals surface area contributed by atoms with E-state index in [0.717, 1.165) is 11.5 Å². The van der Waals surface area contributed by atoms with Gasteiger partial charge in [-0.2, -0.15) is 0 Å². The number of hydrogen-bond donors (Lipinski definition) is 0. The number of aryl methyl sites for hydroxylation is 2. The molecule has 2 heteroatoms. The van der Waals surface area contributed by atoms with Crippen LogP contribution in [-0.4, -0.2) is 9.97 Å². The zero-order valence-electron chi connectivity index (χ0n) is 7.55. The first-order chi connectivity index (χ1) is 5.11. The van der Waals surface area contributed by atoms with Crippen molar-refractivity contribution < 1.29 is 0 Å². The predicted octanol–water partition coefficient (Wildman–Crippen LogP) is 2.22. The molecule has 0 aliphatic rings. The Kier molecular flexibility index (Phi) is 2.22. The van der Waals surface area contributed by atoms with Crippen molar-refractivity contribution in [2.45, 2.75) is 33.6 Å². The zero-order valence-corrected chi connectivity index (χ0v) is 7.55. The van der Waals surface area contributed by atoms with E-state index >= 15 is 0 Å². The molecule has 1 aromatic rings. The molecule has 2 nitrogen and oxygen atoms in total. The summed E-state index contributed by atoms with van der Waals surface area (Å²) in [6, 6.07) is 0. The van der Waals surface area contributed by atoms with Crippen molar-refractivity contribution >= 4 is 0 Å². The molecule has 0 bridgehead atoms. The monoisotopic (exact) mass is 150 g/mol. The summed E-state index contributed by atoms with van der Waals surface area (Å²) in [5.41, 5.74) is 2.35. The third-order valence-electron chi connectivity index (χ3n) is 1.76. The van der Waals surface area contributed by atoms with E-state index in [1.54, 1.807) is 0 Å². The highest BCUT2D eigenvalue weighted by atomic mass is 14.9. The van der Waals surface area contributed by atoms with Gasteiger partial charge in [-0.05, 0) is 25.3 Å². The molecule has 0 radical (unpaired) electrons. The molecular weight excluding hydrogens is 136 g/mol. The molecule has 0 spiro atoms. The van der Waals surface area contributed by atoms with Crippen LogP contribution in [0.1, 0.15) is 36.8 Å². The third-order valence-corrected chi connectivity index (χ3v) is 1.76. The van der Waals surface area contributed by atoms with E-state index < -0.39 is 0 Å². The molecule has 1 aromatic heterocycles. The van der Waals surface area contributed by atoms with E-state index in [9.17, 15) is 0 Å². The van der Waals surface area contributed by atoms with Crippen molar-refractivity contribution in [3.05, 3.63) is 23.3 Å². The standard InChI is InChI=1S/C9H14N2/c1-6(2)9-5-10-8(4)11-7(9)3/h5-6H,1-4H3. The average Bonchev–Trinajstić information content (AvgIpc) is 1.85. The summed E-state index contributed by atoms with van der Waals surface area (Å²) in [4.78, 5) is 8.43. The Morgan fingerprint density at radius 1 is 1.27 bits per heavy atom. The molecule has 0 N–H and O–H groups in total. The largest absolute Gasteiger partial charge is 0.241 e. The highest BCUT2D eigenvalue weighted by Gasteiger charge is 2.03. The normalized spacial score (nSPS) is 10.6. The predicted molar refractivity (Wildman–Crippen MR) is 45.6 cm³/mol. The number of rotatable bonds is 1. The molecule has 0 amide bonds. The van der Waals surface area contributed by atoms with Gasteiger partial charge in [0, 0.05) is 11.9 Å². The minimum absolute atomic E-state index is 0.524. The van der Waals surface area contributed by atoms with Crippen molar-refractivity contribution in [2.24, 2.45) is 0 Å². The maximum atomic E-state index is 4.28. The summed E-state index contributed by atoms with van der Waals surface area (Å²) in [6.45, 7) is 8.25. The van der Waals surface area contributed by atoms with Crippen molar-refractivity contribution in [1.29, 1.82) is 0 Å². The van der Waals surface area contributed by atoms with Crippen LogP contribution in [0.4, 0.5) is 0 Å². The van der Waals surface area contributed by atoms with Crippen LogP contribution in [-0.2, 0) is 0 Å². The Morgan fingerprint density at radius 3 is 2.36 bits per heavy atom. The Hall–Kier alpha value is -0.920. The smallest absolute Gasteiger partial charge is 0.125 e. The minimum atomic E-state index is 0.524. The van der Waals surface area contributed by atoms with Gasteiger partial charge < -0.3 is 0 Å². The third kappa shape index (κ3) is 1.76. The quantitative estimate of drug-likeness (QED) is 0.613. The summed E-state index contributed by atoms with van der Waals surface area (Å²) in [6.07, 6.45) is 1.92. The van der Waals surface area contributed by atoms with Gasteiger partial charge in [0.25, 0.3) is 0 Å². The lowest BCUT2D eigenvalue weighted by atomic mass is 10.0. The summed E-state index contributed by atoms with van der Waals surface area (Å²) in [5, 5.41) is 0. The van der Waals surface area contributed by atoms with Gasteiger partial charge in [0.2, 0.25) is 0 Å². The first-order valence-electron chi connectivity index (χ1n) is 3.91. The molecule has 11 heavy (non-hydrogen) atoms. The number of hydrogen-bond acceptors (Lipinski definition) is 2. The van der Waals surface area contributed by atoms with Gasteiger partial charge >= 0.3 is 0 Å². The van der Waals surface area contributed by atoms with Gasteiger partial charge in [-0.1, -0.05) is 13.8 Å². The summed E-state index contributed by atoms with van der Waals surface area (Å²) < 4.78 is 0. The zero-order chi connectivity index (χ0) is 8.43. The lowest BCUT2D eigenvalue weighted by Crippen LogP contribution is -1.98. The van der Waals surface area contributed by atoms with Gasteiger partial charge in [-0.15, -0.1) is 0 Å². The SMILES string of the molecule is Cc1ncc(C(C)C)c(C)n1. The summed E-state index contributed by atoms with van der Waals surface area (Å²) in [5.74, 6) is 1.38. The van der Waals surface area contributed by atoms with Gasteiger partial charge in [0.05, 0.1) is 0 Å². The second kappa shape index (κ2) is 2.99. The number of nitrogens with zero attached hydrogens (tertiary/aromatic N) is 2. The summed E-state index contributed by atoms with van der Waals surface area (Å²) >= 11 is 0. The van der Waals surface area contributed by atoms with Crippen LogP contribution < -0.4 is 0 Å². The molecule has 0 saturated heterocycles. The van der Waals surface area contributed by atoms with Crippen molar-refractivity contribution in [1.82, 2.24) is 9.97 Å². The lowest BCUT2D eigenvalue weighted by molar-refractivity contribution is 0.819. The fourth-order valence-electron chi connectivity index (χ4n) is 1.16. The Morgan fingerprint density at radius 2 is 1.91 bits per heavy atom. The van der Waals surface area contributed by atoms with E-state index in [1.807, 2.05) is 20.0 Å². The molecule has 0 atom stereocenters. The van der Waals surface area contributed by atoms with Gasteiger partial charge in [-0.25, -0.2) is 9.97 Å². The van der Waals surface area contributed by atoms with Crippen LogP contribution in [0.3, 0.4) is 0 Å². The summed E-state index contributed by atoms with van der Waals surface area (Å²) in [7, 11) is 0. The van der Waals surface area contributed by atoms with E-state index in [0.29, 0.717) is 5.92 Å². The molecule has 0 aromatic carbocycles. The molecule has 0 fully saturated rings. The molecule has 0 saturated carbocycles. The van der Waals surface area contributed by atoms with Crippen LogP contribution >= 0.6 is 0 Å². The maximum absolute atomic E-state index is 4.28.